The van der Waals surface area contributed by atoms with Gasteiger partial charge in [0.25, 0.3) is 0 Å². The number of hydrogen-bond acceptors (Lipinski definition) is 1. The van der Waals surface area contributed by atoms with Gasteiger partial charge in [0.05, 0.1) is 0 Å². The summed E-state index contributed by atoms with van der Waals surface area (Å²) in [5.41, 5.74) is 3.53. The second-order valence-corrected chi connectivity index (χ2v) is 10.7. The molecular weight excluding hydrogens is 330 g/mol. The molecule has 1 N–H and O–H groups in total. The SMILES string of the molecule is Cc1ccc(C23C[C@@H]4C[C@H](CC(CC(=O)NC5CCCCC5)(C4)C2)C3)cc1. The molecule has 0 radical (unpaired) electrons. The Balaban J connectivity index is 1.35. The Labute approximate surface area is 164 Å². The number of carbonyl (C=O) groups is 1. The van der Waals surface area contributed by atoms with E-state index in [-0.39, 0.29) is 5.41 Å². The van der Waals surface area contributed by atoms with Gasteiger partial charge in [-0.2, -0.15) is 0 Å². The molecule has 6 rings (SSSR count). The van der Waals surface area contributed by atoms with Crippen molar-refractivity contribution in [2.45, 2.75) is 95.4 Å². The fraction of sp³-hybridized carbons (Fsp3) is 0.720. The van der Waals surface area contributed by atoms with Crippen molar-refractivity contribution in [2.24, 2.45) is 17.3 Å². The molecule has 2 heteroatoms. The highest BCUT2D eigenvalue weighted by atomic mass is 16.1. The largest absolute Gasteiger partial charge is 0.353 e. The third kappa shape index (κ3) is 3.34. The number of hydrogen-bond donors (Lipinski definition) is 1. The average Bonchev–Trinajstić information content (AvgIpc) is 2.61. The summed E-state index contributed by atoms with van der Waals surface area (Å²) in [5, 5.41) is 3.41. The molecule has 5 aliphatic rings. The molecule has 146 valence electrons. The minimum atomic E-state index is 0.272. The third-order valence-electron chi connectivity index (χ3n) is 8.35. The molecule has 4 bridgehead atoms. The van der Waals surface area contributed by atoms with Crippen LogP contribution in [-0.4, -0.2) is 11.9 Å². The van der Waals surface area contributed by atoms with E-state index in [2.05, 4.69) is 36.5 Å². The second-order valence-electron chi connectivity index (χ2n) is 10.7. The fourth-order valence-corrected chi connectivity index (χ4v) is 7.77. The van der Waals surface area contributed by atoms with Crippen molar-refractivity contribution < 1.29 is 4.79 Å². The van der Waals surface area contributed by atoms with Crippen molar-refractivity contribution in [1.82, 2.24) is 5.32 Å². The van der Waals surface area contributed by atoms with Gasteiger partial charge in [0, 0.05) is 12.5 Å². The third-order valence-corrected chi connectivity index (χ3v) is 8.35. The van der Waals surface area contributed by atoms with Crippen LogP contribution in [-0.2, 0) is 10.2 Å². The van der Waals surface area contributed by atoms with Crippen molar-refractivity contribution in [1.29, 1.82) is 0 Å². The summed E-state index contributed by atoms with van der Waals surface area (Å²) < 4.78 is 0. The van der Waals surface area contributed by atoms with Crippen molar-refractivity contribution >= 4 is 5.91 Å². The number of rotatable bonds is 4. The summed E-state index contributed by atoms with van der Waals surface area (Å²) in [7, 11) is 0. The molecule has 27 heavy (non-hydrogen) atoms. The van der Waals surface area contributed by atoms with E-state index >= 15 is 0 Å². The number of amides is 1. The van der Waals surface area contributed by atoms with Gasteiger partial charge in [-0.1, -0.05) is 49.1 Å². The van der Waals surface area contributed by atoms with E-state index in [9.17, 15) is 4.79 Å². The predicted molar refractivity (Wildman–Crippen MR) is 110 cm³/mol. The zero-order valence-electron chi connectivity index (χ0n) is 16.9. The van der Waals surface area contributed by atoms with Crippen molar-refractivity contribution in [2.75, 3.05) is 0 Å². The van der Waals surface area contributed by atoms with Crippen molar-refractivity contribution in [3.63, 3.8) is 0 Å². The molecule has 5 fully saturated rings. The lowest BCUT2D eigenvalue weighted by Gasteiger charge is -2.62. The summed E-state index contributed by atoms with van der Waals surface area (Å²) >= 11 is 0. The van der Waals surface area contributed by atoms with Gasteiger partial charge in [0.2, 0.25) is 5.91 Å². The molecule has 2 atom stereocenters. The summed E-state index contributed by atoms with van der Waals surface area (Å²) in [6.45, 7) is 2.18. The number of nitrogens with one attached hydrogen (secondary N) is 1. The molecule has 0 aromatic heterocycles. The Morgan fingerprint density at radius 3 is 2.33 bits per heavy atom. The lowest BCUT2D eigenvalue weighted by Crippen LogP contribution is -2.55. The first kappa shape index (κ1) is 17.8. The first-order chi connectivity index (χ1) is 13.0. The molecule has 1 aromatic carbocycles. The second kappa shape index (κ2) is 6.64. The van der Waals surface area contributed by atoms with Crippen LogP contribution in [0, 0.1) is 24.2 Å². The highest BCUT2D eigenvalue weighted by Crippen LogP contribution is 2.66. The molecule has 1 amide bonds. The lowest BCUT2D eigenvalue weighted by molar-refractivity contribution is -0.132. The number of aryl methyl sites for hydroxylation is 1. The van der Waals surface area contributed by atoms with E-state index in [4.69, 9.17) is 0 Å². The van der Waals surface area contributed by atoms with Crippen LogP contribution in [0.4, 0.5) is 0 Å². The van der Waals surface area contributed by atoms with E-state index < -0.39 is 0 Å². The first-order valence-electron chi connectivity index (χ1n) is 11.4. The normalized spacial score (nSPS) is 38.1. The summed E-state index contributed by atoms with van der Waals surface area (Å²) in [5.74, 6) is 2.04. The summed E-state index contributed by atoms with van der Waals surface area (Å²) in [6.07, 6.45) is 15.1. The molecule has 0 spiro atoms. The Morgan fingerprint density at radius 1 is 1.00 bits per heavy atom. The van der Waals surface area contributed by atoms with Crippen LogP contribution < -0.4 is 5.32 Å². The van der Waals surface area contributed by atoms with Crippen LogP contribution in [0.1, 0.15) is 88.2 Å². The van der Waals surface area contributed by atoms with Gasteiger partial charge in [-0.15, -0.1) is 0 Å². The smallest absolute Gasteiger partial charge is 0.220 e. The van der Waals surface area contributed by atoms with Crippen LogP contribution in [0.25, 0.3) is 0 Å². The molecule has 2 nitrogen and oxygen atoms in total. The van der Waals surface area contributed by atoms with Crippen LogP contribution >= 0.6 is 0 Å². The predicted octanol–water partition coefficient (Wildman–Crippen LogP) is 5.67. The molecule has 1 aromatic rings. The average molecular weight is 366 g/mol. The van der Waals surface area contributed by atoms with Crippen LogP contribution in [0.2, 0.25) is 0 Å². The Hall–Kier alpha value is -1.31. The zero-order valence-corrected chi connectivity index (χ0v) is 16.9. The van der Waals surface area contributed by atoms with Crippen LogP contribution in [0.5, 0.6) is 0 Å². The quantitative estimate of drug-likeness (QED) is 0.731. The standard InChI is InChI=1S/C25H35NO/c1-18-7-9-21(10-8-18)25-14-19-11-20(15-25)13-24(12-19,17-25)16-23(27)26-22-5-3-2-4-6-22/h7-10,19-20,22H,2-6,11-17H2,1H3,(H,26,27)/t19-,20-,24?,25?/m1/s1. The summed E-state index contributed by atoms with van der Waals surface area (Å²) in [4.78, 5) is 13.0. The maximum Gasteiger partial charge on any atom is 0.220 e. The molecular formula is C25H35NO. The Bertz CT molecular complexity index is 686. The van der Waals surface area contributed by atoms with Gasteiger partial charge in [0.1, 0.15) is 0 Å². The molecule has 0 aliphatic heterocycles. The van der Waals surface area contributed by atoms with Gasteiger partial charge >= 0.3 is 0 Å². The van der Waals surface area contributed by atoms with Crippen LogP contribution in [0.15, 0.2) is 24.3 Å². The number of benzene rings is 1. The minimum Gasteiger partial charge on any atom is -0.353 e. The maximum absolute atomic E-state index is 13.0. The molecule has 5 aliphatic carbocycles. The highest BCUT2D eigenvalue weighted by molar-refractivity contribution is 5.77. The van der Waals surface area contributed by atoms with Crippen molar-refractivity contribution in [3.05, 3.63) is 35.4 Å². The van der Waals surface area contributed by atoms with Crippen molar-refractivity contribution in [3.8, 4) is 0 Å². The van der Waals surface area contributed by atoms with Gasteiger partial charge in [-0.25, -0.2) is 0 Å². The van der Waals surface area contributed by atoms with E-state index in [1.54, 1.807) is 5.56 Å². The maximum atomic E-state index is 13.0. The van der Waals surface area contributed by atoms with E-state index in [0.29, 0.717) is 17.4 Å². The van der Waals surface area contributed by atoms with Gasteiger partial charge < -0.3 is 5.32 Å². The molecule has 5 saturated carbocycles. The zero-order chi connectivity index (χ0) is 18.5. The van der Waals surface area contributed by atoms with E-state index in [1.165, 1.54) is 76.2 Å². The minimum absolute atomic E-state index is 0.272. The molecule has 0 unspecified atom stereocenters. The van der Waals surface area contributed by atoms with Gasteiger partial charge in [-0.3, -0.25) is 4.79 Å². The van der Waals surface area contributed by atoms with Crippen LogP contribution in [0.3, 0.4) is 0 Å². The fourth-order valence-electron chi connectivity index (χ4n) is 7.77. The van der Waals surface area contributed by atoms with Gasteiger partial charge in [0.15, 0.2) is 0 Å². The Morgan fingerprint density at radius 2 is 1.67 bits per heavy atom. The van der Waals surface area contributed by atoms with E-state index in [1.807, 2.05) is 0 Å². The molecule has 0 saturated heterocycles. The Kier molecular flexibility index (Phi) is 4.37. The first-order valence-corrected chi connectivity index (χ1v) is 11.4. The van der Waals surface area contributed by atoms with E-state index in [0.717, 1.165) is 18.3 Å². The topological polar surface area (TPSA) is 29.1 Å². The summed E-state index contributed by atoms with van der Waals surface area (Å²) in [6, 6.07) is 9.80. The molecule has 0 heterocycles. The monoisotopic (exact) mass is 365 g/mol. The number of carbonyl (C=O) groups excluding carboxylic acids is 1. The highest BCUT2D eigenvalue weighted by Gasteiger charge is 2.58. The lowest BCUT2D eigenvalue weighted by atomic mass is 9.42. The van der Waals surface area contributed by atoms with Gasteiger partial charge in [-0.05, 0) is 86.5 Å².